The summed E-state index contributed by atoms with van der Waals surface area (Å²) in [4.78, 5) is 0. The number of nitrogens with one attached hydrogen (secondary N) is 1. The van der Waals surface area contributed by atoms with Crippen LogP contribution in [0.1, 0.15) is 12.8 Å². The van der Waals surface area contributed by atoms with Crippen molar-refractivity contribution in [2.75, 3.05) is 0 Å². The van der Waals surface area contributed by atoms with Gasteiger partial charge in [-0.25, -0.2) is 0 Å². The first kappa shape index (κ1) is 5.65. The second-order valence-corrected chi connectivity index (χ2v) is 2.99. The monoisotopic (exact) mass is 129 g/mol. The van der Waals surface area contributed by atoms with E-state index in [1.165, 1.54) is 0 Å². The van der Waals surface area contributed by atoms with E-state index in [0.717, 1.165) is 12.8 Å². The van der Waals surface area contributed by atoms with Gasteiger partial charge in [0.1, 0.15) is 0 Å². The van der Waals surface area contributed by atoms with Crippen LogP contribution in [0.15, 0.2) is 0 Å². The zero-order chi connectivity index (χ0) is 6.43. The molecule has 1 aliphatic carbocycles. The second kappa shape index (κ2) is 1.68. The van der Waals surface area contributed by atoms with Gasteiger partial charge in [-0.1, -0.05) is 0 Å². The Bertz CT molecular complexity index is 114. The molecular weight excluding hydrogens is 118 g/mol. The summed E-state index contributed by atoms with van der Waals surface area (Å²) in [6, 6.07) is 1.01. The minimum Gasteiger partial charge on any atom is -0.390 e. The molecule has 1 heterocycles. The highest BCUT2D eigenvalue weighted by Gasteiger charge is 2.44. The van der Waals surface area contributed by atoms with E-state index >= 15 is 0 Å². The van der Waals surface area contributed by atoms with Crippen LogP contribution in [-0.4, -0.2) is 34.5 Å². The molecule has 0 radical (unpaired) electrons. The first-order valence-electron chi connectivity index (χ1n) is 3.39. The second-order valence-electron chi connectivity index (χ2n) is 2.99. The smallest absolute Gasteiger partial charge is 0.0815 e. The van der Waals surface area contributed by atoms with Crippen LogP contribution in [0.4, 0.5) is 0 Å². The molecule has 0 aromatic heterocycles. The van der Waals surface area contributed by atoms with Gasteiger partial charge in [0.25, 0.3) is 0 Å². The largest absolute Gasteiger partial charge is 0.390 e. The van der Waals surface area contributed by atoms with Crippen molar-refractivity contribution in [1.29, 1.82) is 0 Å². The van der Waals surface area contributed by atoms with Gasteiger partial charge in [-0.2, -0.15) is 0 Å². The van der Waals surface area contributed by atoms with Gasteiger partial charge in [0, 0.05) is 12.1 Å². The summed E-state index contributed by atoms with van der Waals surface area (Å²) in [7, 11) is 0. The van der Waals surface area contributed by atoms with Crippen LogP contribution in [0.25, 0.3) is 0 Å². The number of aliphatic hydroxyl groups excluding tert-OH is 2. The third-order valence-corrected chi connectivity index (χ3v) is 2.24. The number of hydrogen-bond donors (Lipinski definition) is 3. The molecule has 9 heavy (non-hydrogen) atoms. The molecule has 0 spiro atoms. The highest BCUT2D eigenvalue weighted by molar-refractivity contribution is 5.05. The van der Waals surface area contributed by atoms with Crippen molar-refractivity contribution >= 4 is 0 Å². The standard InChI is InChI=1S/C6H11NO2/c8-5-1-3-4(7-3)2-6(5)9/h3-9H,1-2H2. The topological polar surface area (TPSA) is 62.4 Å². The van der Waals surface area contributed by atoms with E-state index in [9.17, 15) is 0 Å². The molecule has 3 heteroatoms. The Morgan fingerprint density at radius 2 is 1.44 bits per heavy atom. The summed E-state index contributed by atoms with van der Waals surface area (Å²) in [6.45, 7) is 0. The van der Waals surface area contributed by atoms with E-state index in [2.05, 4.69) is 5.32 Å². The van der Waals surface area contributed by atoms with Crippen molar-refractivity contribution in [3.63, 3.8) is 0 Å². The van der Waals surface area contributed by atoms with Crippen LogP contribution in [-0.2, 0) is 0 Å². The summed E-state index contributed by atoms with van der Waals surface area (Å²) < 4.78 is 0. The molecular formula is C6H11NO2. The normalized spacial score (nSPS) is 56.7. The van der Waals surface area contributed by atoms with Gasteiger partial charge >= 0.3 is 0 Å². The third-order valence-electron chi connectivity index (χ3n) is 2.24. The predicted octanol–water partition coefficient (Wildman–Crippen LogP) is -1.16. The van der Waals surface area contributed by atoms with Gasteiger partial charge < -0.3 is 15.5 Å². The lowest BCUT2D eigenvalue weighted by Gasteiger charge is -2.20. The van der Waals surface area contributed by atoms with Crippen molar-refractivity contribution < 1.29 is 10.2 Å². The Labute approximate surface area is 53.7 Å². The first-order chi connectivity index (χ1) is 4.27. The zero-order valence-corrected chi connectivity index (χ0v) is 5.12. The fraction of sp³-hybridized carbons (Fsp3) is 1.00. The van der Waals surface area contributed by atoms with Gasteiger partial charge in [0.15, 0.2) is 0 Å². The van der Waals surface area contributed by atoms with E-state index in [4.69, 9.17) is 10.2 Å². The molecule has 4 atom stereocenters. The van der Waals surface area contributed by atoms with Crippen molar-refractivity contribution in [3.8, 4) is 0 Å². The van der Waals surface area contributed by atoms with Crippen LogP contribution in [0.5, 0.6) is 0 Å². The SMILES string of the molecule is OC1CC2NC2CC1O. The maximum Gasteiger partial charge on any atom is 0.0815 e. The maximum absolute atomic E-state index is 9.08. The molecule has 2 fully saturated rings. The molecule has 2 aliphatic rings. The third kappa shape index (κ3) is 0.852. The zero-order valence-electron chi connectivity index (χ0n) is 5.12. The van der Waals surface area contributed by atoms with Crippen molar-refractivity contribution in [2.45, 2.75) is 37.1 Å². The fourth-order valence-electron chi connectivity index (χ4n) is 1.52. The van der Waals surface area contributed by atoms with Gasteiger partial charge in [-0.3, -0.25) is 0 Å². The molecule has 52 valence electrons. The Hall–Kier alpha value is -0.120. The van der Waals surface area contributed by atoms with Crippen molar-refractivity contribution in [1.82, 2.24) is 5.32 Å². The summed E-state index contributed by atoms with van der Waals surface area (Å²) in [5, 5.41) is 21.3. The minimum atomic E-state index is -0.485. The quantitative estimate of drug-likeness (QED) is 0.362. The molecule has 0 aromatic carbocycles. The average molecular weight is 129 g/mol. The summed E-state index contributed by atoms with van der Waals surface area (Å²) in [6.07, 6.45) is 0.486. The van der Waals surface area contributed by atoms with Crippen molar-refractivity contribution in [2.24, 2.45) is 0 Å². The number of rotatable bonds is 0. The van der Waals surface area contributed by atoms with Crippen LogP contribution in [0.2, 0.25) is 0 Å². The van der Waals surface area contributed by atoms with Gasteiger partial charge in [-0.15, -0.1) is 0 Å². The Morgan fingerprint density at radius 3 is 1.89 bits per heavy atom. The fourth-order valence-corrected chi connectivity index (χ4v) is 1.52. The summed E-state index contributed by atoms with van der Waals surface area (Å²) in [5.74, 6) is 0. The van der Waals surface area contributed by atoms with E-state index in [-0.39, 0.29) is 0 Å². The number of hydrogen-bond acceptors (Lipinski definition) is 3. The lowest BCUT2D eigenvalue weighted by atomic mass is 9.95. The predicted molar refractivity (Wildman–Crippen MR) is 32.0 cm³/mol. The van der Waals surface area contributed by atoms with E-state index < -0.39 is 12.2 Å². The molecule has 3 N–H and O–H groups in total. The molecule has 2 rings (SSSR count). The molecule has 3 nitrogen and oxygen atoms in total. The molecule has 4 unspecified atom stereocenters. The van der Waals surface area contributed by atoms with E-state index in [1.807, 2.05) is 0 Å². The van der Waals surface area contributed by atoms with Crippen LogP contribution >= 0.6 is 0 Å². The van der Waals surface area contributed by atoms with Gasteiger partial charge in [-0.05, 0) is 12.8 Å². The van der Waals surface area contributed by atoms with E-state index in [1.54, 1.807) is 0 Å². The Kier molecular flexibility index (Phi) is 1.06. The Balaban J connectivity index is 1.98. The number of aliphatic hydroxyl groups is 2. The highest BCUT2D eigenvalue weighted by atomic mass is 16.3. The lowest BCUT2D eigenvalue weighted by Crippen LogP contribution is -2.33. The maximum atomic E-state index is 9.08. The summed E-state index contributed by atoms with van der Waals surface area (Å²) >= 11 is 0. The molecule has 0 aromatic rings. The van der Waals surface area contributed by atoms with Crippen LogP contribution < -0.4 is 5.32 Å². The van der Waals surface area contributed by atoms with Crippen LogP contribution in [0.3, 0.4) is 0 Å². The molecule has 1 aliphatic heterocycles. The molecule has 0 amide bonds. The van der Waals surface area contributed by atoms with E-state index in [0.29, 0.717) is 12.1 Å². The lowest BCUT2D eigenvalue weighted by molar-refractivity contribution is -0.0000891. The van der Waals surface area contributed by atoms with Gasteiger partial charge in [0.05, 0.1) is 12.2 Å². The van der Waals surface area contributed by atoms with Crippen molar-refractivity contribution in [3.05, 3.63) is 0 Å². The van der Waals surface area contributed by atoms with Crippen LogP contribution in [0, 0.1) is 0 Å². The highest BCUT2D eigenvalue weighted by Crippen LogP contribution is 2.29. The molecule has 1 saturated heterocycles. The van der Waals surface area contributed by atoms with Gasteiger partial charge in [0.2, 0.25) is 0 Å². The minimum absolute atomic E-state index is 0.485. The molecule has 0 bridgehead atoms. The summed E-state index contributed by atoms with van der Waals surface area (Å²) in [5.41, 5.74) is 0. The molecule has 1 saturated carbocycles. The number of fused-ring (bicyclic) bond motifs is 1. The first-order valence-corrected chi connectivity index (χ1v) is 3.39. The Morgan fingerprint density at radius 1 is 1.00 bits per heavy atom. The average Bonchev–Trinajstić information content (AvgIpc) is 2.46.